The molecule has 0 radical (unpaired) electrons. The second kappa shape index (κ2) is 14.8. The maximum absolute atomic E-state index is 13.6. The summed E-state index contributed by atoms with van der Waals surface area (Å²) in [4.78, 5) is 26.8. The predicted molar refractivity (Wildman–Crippen MR) is 190 cm³/mol. The standard InChI is InChI=1S/C43H47NO4/c1-29(14-13-17-30-15-5-2-6-16-30)47-34-27-39-36-23-12-11-22-35(36)37-25-24-33(44-42(45)31-18-7-3-8-19-31)26-38(37)41(39)40(28-34)48-43(46)32-20-9-4-10-21-32/h2-10,15-16,18-21,27-29,33,35-38H,11-14,17,22-26H2,1H3,(H,44,45). The molecule has 4 aromatic carbocycles. The number of fused-ring (bicyclic) bond motifs is 6. The van der Waals surface area contributed by atoms with E-state index < -0.39 is 0 Å². The van der Waals surface area contributed by atoms with Crippen LogP contribution in [0.2, 0.25) is 0 Å². The number of ether oxygens (including phenoxy) is 2. The summed E-state index contributed by atoms with van der Waals surface area (Å²) in [6.07, 6.45) is 10.7. The topological polar surface area (TPSA) is 64.6 Å². The SMILES string of the molecule is CC(CCCc1ccccc1)Oc1cc(OC(=O)c2ccccc2)c2c(c1)C1CCCCC1C1CCC(NC(=O)c3ccccc3)CC21. The molecule has 2 saturated carbocycles. The third kappa shape index (κ3) is 7.21. The number of carbonyl (C=O) groups is 2. The lowest BCUT2D eigenvalue weighted by Gasteiger charge is -2.50. The van der Waals surface area contributed by atoms with Crippen molar-refractivity contribution >= 4 is 11.9 Å². The fourth-order valence-electron chi connectivity index (χ4n) is 8.83. The van der Waals surface area contributed by atoms with Crippen molar-refractivity contribution in [3.05, 3.63) is 131 Å². The van der Waals surface area contributed by atoms with E-state index in [0.717, 1.165) is 56.3 Å². The van der Waals surface area contributed by atoms with E-state index >= 15 is 0 Å². The zero-order valence-electron chi connectivity index (χ0n) is 28.0. The Morgan fingerprint density at radius 2 is 1.44 bits per heavy atom. The Morgan fingerprint density at radius 1 is 0.771 bits per heavy atom. The summed E-state index contributed by atoms with van der Waals surface area (Å²) in [7, 11) is 0. The van der Waals surface area contributed by atoms with Crippen molar-refractivity contribution < 1.29 is 19.1 Å². The number of esters is 1. The monoisotopic (exact) mass is 641 g/mol. The first-order valence-corrected chi connectivity index (χ1v) is 18.0. The predicted octanol–water partition coefficient (Wildman–Crippen LogP) is 9.67. The molecule has 5 nitrogen and oxygen atoms in total. The van der Waals surface area contributed by atoms with Gasteiger partial charge in [-0.1, -0.05) is 79.6 Å². The minimum atomic E-state index is -0.349. The number of amides is 1. The number of hydrogen-bond acceptors (Lipinski definition) is 4. The minimum absolute atomic E-state index is 0.0219. The highest BCUT2D eigenvalue weighted by atomic mass is 16.5. The molecular weight excluding hydrogens is 594 g/mol. The lowest BCUT2D eigenvalue weighted by atomic mass is 9.55. The second-order valence-electron chi connectivity index (χ2n) is 14.2. The Balaban J connectivity index is 1.19. The zero-order chi connectivity index (χ0) is 32.9. The molecule has 3 aliphatic carbocycles. The molecule has 4 aromatic rings. The van der Waals surface area contributed by atoms with Gasteiger partial charge < -0.3 is 14.8 Å². The fraction of sp³-hybridized carbons (Fsp3) is 0.395. The Bertz CT molecular complexity index is 1690. The van der Waals surface area contributed by atoms with Gasteiger partial charge in [-0.05, 0) is 123 Å². The molecule has 7 rings (SSSR count). The summed E-state index contributed by atoms with van der Waals surface area (Å²) in [5.74, 6) is 2.76. The van der Waals surface area contributed by atoms with Gasteiger partial charge in [0.1, 0.15) is 11.5 Å². The van der Waals surface area contributed by atoms with Crippen molar-refractivity contribution in [2.75, 3.05) is 0 Å². The van der Waals surface area contributed by atoms with Crippen LogP contribution >= 0.6 is 0 Å². The largest absolute Gasteiger partial charge is 0.491 e. The molecule has 0 aliphatic heterocycles. The molecule has 0 bridgehead atoms. The van der Waals surface area contributed by atoms with Crippen LogP contribution in [-0.4, -0.2) is 24.0 Å². The maximum atomic E-state index is 13.6. The van der Waals surface area contributed by atoms with Crippen molar-refractivity contribution in [1.82, 2.24) is 5.32 Å². The number of carbonyl (C=O) groups excluding carboxylic acids is 2. The molecule has 0 spiro atoms. The Morgan fingerprint density at radius 3 is 2.19 bits per heavy atom. The summed E-state index contributed by atoms with van der Waals surface area (Å²) < 4.78 is 13.0. The highest BCUT2D eigenvalue weighted by Crippen LogP contribution is 2.59. The molecule has 0 heterocycles. The lowest BCUT2D eigenvalue weighted by molar-refractivity contribution is 0.0718. The molecule has 3 aliphatic rings. The maximum Gasteiger partial charge on any atom is 0.343 e. The van der Waals surface area contributed by atoms with Gasteiger partial charge in [0.2, 0.25) is 0 Å². The summed E-state index contributed by atoms with van der Waals surface area (Å²) in [5.41, 5.74) is 5.02. The van der Waals surface area contributed by atoms with Crippen molar-refractivity contribution in [3.8, 4) is 11.5 Å². The highest BCUT2D eigenvalue weighted by molar-refractivity contribution is 5.94. The molecule has 6 unspecified atom stereocenters. The van der Waals surface area contributed by atoms with Gasteiger partial charge in [0.25, 0.3) is 5.91 Å². The van der Waals surface area contributed by atoms with Crippen LogP contribution in [0.1, 0.15) is 114 Å². The van der Waals surface area contributed by atoms with Crippen LogP contribution in [0.3, 0.4) is 0 Å². The van der Waals surface area contributed by atoms with Crippen molar-refractivity contribution in [2.24, 2.45) is 11.8 Å². The summed E-state index contributed by atoms with van der Waals surface area (Å²) in [6, 6.07) is 33.6. The van der Waals surface area contributed by atoms with E-state index in [0.29, 0.717) is 34.6 Å². The van der Waals surface area contributed by atoms with Gasteiger partial charge in [0.05, 0.1) is 11.7 Å². The first kappa shape index (κ1) is 32.2. The quantitative estimate of drug-likeness (QED) is 0.138. The number of benzene rings is 4. The van der Waals surface area contributed by atoms with Crippen LogP contribution in [-0.2, 0) is 6.42 Å². The average molecular weight is 642 g/mol. The van der Waals surface area contributed by atoms with Crippen LogP contribution in [0.25, 0.3) is 0 Å². The van der Waals surface area contributed by atoms with Gasteiger partial charge in [-0.3, -0.25) is 4.79 Å². The van der Waals surface area contributed by atoms with Gasteiger partial charge in [-0.15, -0.1) is 0 Å². The summed E-state index contributed by atoms with van der Waals surface area (Å²) >= 11 is 0. The van der Waals surface area contributed by atoms with Gasteiger partial charge in [0.15, 0.2) is 0 Å². The van der Waals surface area contributed by atoms with Gasteiger partial charge in [-0.25, -0.2) is 4.79 Å². The van der Waals surface area contributed by atoms with Crippen LogP contribution < -0.4 is 14.8 Å². The molecule has 48 heavy (non-hydrogen) atoms. The van der Waals surface area contributed by atoms with E-state index in [1.165, 1.54) is 30.4 Å². The second-order valence-corrected chi connectivity index (χ2v) is 14.2. The van der Waals surface area contributed by atoms with Crippen LogP contribution in [0.4, 0.5) is 0 Å². The first-order valence-electron chi connectivity index (χ1n) is 18.0. The molecule has 6 atom stereocenters. The van der Waals surface area contributed by atoms with Crippen molar-refractivity contribution in [3.63, 3.8) is 0 Å². The third-order valence-corrected chi connectivity index (χ3v) is 11.0. The molecule has 0 saturated heterocycles. The molecule has 2 fully saturated rings. The minimum Gasteiger partial charge on any atom is -0.491 e. The number of nitrogens with one attached hydrogen (secondary N) is 1. The Kier molecular flexibility index (Phi) is 9.92. The fourth-order valence-corrected chi connectivity index (χ4v) is 8.83. The Labute approximate surface area is 285 Å². The van der Waals surface area contributed by atoms with Crippen molar-refractivity contribution in [2.45, 2.75) is 95.1 Å². The zero-order valence-corrected chi connectivity index (χ0v) is 28.0. The molecule has 0 aromatic heterocycles. The molecule has 1 amide bonds. The van der Waals surface area contributed by atoms with E-state index in [4.69, 9.17) is 9.47 Å². The van der Waals surface area contributed by atoms with E-state index in [-0.39, 0.29) is 29.9 Å². The van der Waals surface area contributed by atoms with Crippen LogP contribution in [0, 0.1) is 11.8 Å². The third-order valence-electron chi connectivity index (χ3n) is 11.0. The first-order chi connectivity index (χ1) is 23.5. The molecule has 248 valence electrons. The Hall–Kier alpha value is -4.38. The van der Waals surface area contributed by atoms with Crippen molar-refractivity contribution in [1.29, 1.82) is 0 Å². The van der Waals surface area contributed by atoms with E-state index in [1.807, 2.05) is 54.6 Å². The van der Waals surface area contributed by atoms with Gasteiger partial charge in [-0.2, -0.15) is 0 Å². The average Bonchev–Trinajstić information content (AvgIpc) is 3.12. The smallest absolute Gasteiger partial charge is 0.343 e. The number of hydrogen-bond donors (Lipinski definition) is 1. The lowest BCUT2D eigenvalue weighted by Crippen LogP contribution is -2.45. The number of aryl methyl sites for hydroxylation is 1. The molecular formula is C43H47NO4. The van der Waals surface area contributed by atoms with E-state index in [2.05, 4.69) is 48.6 Å². The summed E-state index contributed by atoms with van der Waals surface area (Å²) in [6.45, 7) is 2.14. The van der Waals surface area contributed by atoms with Gasteiger partial charge >= 0.3 is 5.97 Å². The summed E-state index contributed by atoms with van der Waals surface area (Å²) in [5, 5.41) is 3.35. The van der Waals surface area contributed by atoms with E-state index in [9.17, 15) is 9.59 Å². The highest BCUT2D eigenvalue weighted by Gasteiger charge is 2.48. The molecule has 1 N–H and O–H groups in total. The van der Waals surface area contributed by atoms with E-state index in [1.54, 1.807) is 12.1 Å². The van der Waals surface area contributed by atoms with Crippen LogP contribution in [0.15, 0.2) is 103 Å². The normalized spacial score (nSPS) is 23.5. The van der Waals surface area contributed by atoms with Crippen LogP contribution in [0.5, 0.6) is 11.5 Å². The van der Waals surface area contributed by atoms with Gasteiger partial charge in [0, 0.05) is 23.2 Å². The number of rotatable bonds is 10. The molecule has 5 heteroatoms.